The van der Waals surface area contributed by atoms with E-state index in [2.05, 4.69) is 43.5 Å². The Balaban J connectivity index is 2.34. The van der Waals surface area contributed by atoms with Crippen molar-refractivity contribution in [2.45, 2.75) is 66.0 Å². The Kier molecular flexibility index (Phi) is 3.54. The van der Waals surface area contributed by atoms with Gasteiger partial charge in [-0.15, -0.1) is 0 Å². The van der Waals surface area contributed by atoms with E-state index in [9.17, 15) is 5.11 Å². The highest BCUT2D eigenvalue weighted by Crippen LogP contribution is 2.44. The predicted octanol–water partition coefficient (Wildman–Crippen LogP) is 3.25. The molecule has 0 saturated heterocycles. The number of aryl methyl sites for hydroxylation is 2. The molecule has 1 aliphatic rings. The molecule has 1 aromatic heterocycles. The molecule has 0 aromatic carbocycles. The summed E-state index contributed by atoms with van der Waals surface area (Å²) in [6.07, 6.45) is 2.69. The van der Waals surface area contributed by atoms with Crippen molar-refractivity contribution in [3.05, 3.63) is 17.5 Å². The van der Waals surface area contributed by atoms with Gasteiger partial charge in [0.25, 0.3) is 0 Å². The average molecular weight is 250 g/mol. The van der Waals surface area contributed by atoms with E-state index < -0.39 is 0 Å². The Morgan fingerprint density at radius 3 is 2.44 bits per heavy atom. The van der Waals surface area contributed by atoms with Crippen LogP contribution in [0.1, 0.15) is 57.5 Å². The van der Waals surface area contributed by atoms with Crippen molar-refractivity contribution in [1.29, 1.82) is 0 Å². The van der Waals surface area contributed by atoms with Crippen LogP contribution in [0.25, 0.3) is 0 Å². The number of aliphatic hydroxyl groups is 1. The van der Waals surface area contributed by atoms with Gasteiger partial charge >= 0.3 is 0 Å². The van der Waals surface area contributed by atoms with Crippen LogP contribution in [0.3, 0.4) is 0 Å². The van der Waals surface area contributed by atoms with Gasteiger partial charge in [0, 0.05) is 5.69 Å². The summed E-state index contributed by atoms with van der Waals surface area (Å²) in [6.45, 7) is 11.0. The first-order chi connectivity index (χ1) is 8.29. The maximum Gasteiger partial charge on any atom is 0.0596 e. The Hall–Kier alpha value is -0.830. The Morgan fingerprint density at radius 1 is 1.28 bits per heavy atom. The number of aliphatic hydroxyl groups excluding tert-OH is 1. The van der Waals surface area contributed by atoms with Gasteiger partial charge in [0.1, 0.15) is 0 Å². The van der Waals surface area contributed by atoms with Crippen LogP contribution in [0.15, 0.2) is 6.07 Å². The third kappa shape index (κ3) is 2.61. The highest BCUT2D eigenvalue weighted by molar-refractivity contribution is 5.09. The van der Waals surface area contributed by atoms with Crippen LogP contribution in [-0.2, 0) is 0 Å². The van der Waals surface area contributed by atoms with E-state index in [0.717, 1.165) is 25.0 Å². The summed E-state index contributed by atoms with van der Waals surface area (Å²) in [5.74, 6) is 0.582. The fraction of sp³-hybridized carbons (Fsp3) is 0.800. The zero-order valence-corrected chi connectivity index (χ0v) is 12.3. The molecule has 1 aliphatic carbocycles. The molecule has 3 nitrogen and oxygen atoms in total. The zero-order valence-electron chi connectivity index (χ0n) is 12.3. The largest absolute Gasteiger partial charge is 0.393 e. The van der Waals surface area contributed by atoms with E-state index in [1.165, 1.54) is 5.69 Å². The molecule has 18 heavy (non-hydrogen) atoms. The first-order valence-corrected chi connectivity index (χ1v) is 7.00. The Morgan fingerprint density at radius 2 is 1.94 bits per heavy atom. The summed E-state index contributed by atoms with van der Waals surface area (Å²) in [5, 5.41) is 14.6. The molecule has 102 valence electrons. The number of aromatic nitrogens is 2. The van der Waals surface area contributed by atoms with Crippen molar-refractivity contribution in [1.82, 2.24) is 9.78 Å². The molecule has 0 amide bonds. The van der Waals surface area contributed by atoms with Crippen molar-refractivity contribution in [2.75, 3.05) is 0 Å². The van der Waals surface area contributed by atoms with Gasteiger partial charge in [0.15, 0.2) is 0 Å². The molecule has 0 bridgehead atoms. The first-order valence-electron chi connectivity index (χ1n) is 7.00. The zero-order chi connectivity index (χ0) is 13.5. The molecule has 3 unspecified atom stereocenters. The quantitative estimate of drug-likeness (QED) is 0.831. The number of rotatable bonds is 1. The minimum Gasteiger partial charge on any atom is -0.393 e. The van der Waals surface area contributed by atoms with Crippen LogP contribution in [0.4, 0.5) is 0 Å². The summed E-state index contributed by atoms with van der Waals surface area (Å²) in [6, 6.07) is 2.46. The van der Waals surface area contributed by atoms with Crippen molar-refractivity contribution in [3.63, 3.8) is 0 Å². The lowest BCUT2D eigenvalue weighted by Crippen LogP contribution is -2.38. The van der Waals surface area contributed by atoms with Gasteiger partial charge in [-0.2, -0.15) is 5.10 Å². The van der Waals surface area contributed by atoms with Gasteiger partial charge in [-0.1, -0.05) is 20.8 Å². The summed E-state index contributed by atoms with van der Waals surface area (Å²) < 4.78 is 2.15. The number of hydrogen-bond acceptors (Lipinski definition) is 2. The monoisotopic (exact) mass is 250 g/mol. The molecular weight excluding hydrogens is 224 g/mol. The van der Waals surface area contributed by atoms with Crippen LogP contribution in [0.2, 0.25) is 0 Å². The lowest BCUT2D eigenvalue weighted by atomic mass is 9.69. The number of nitrogens with zero attached hydrogens (tertiary/aromatic N) is 2. The fourth-order valence-electron chi connectivity index (χ4n) is 3.39. The summed E-state index contributed by atoms with van der Waals surface area (Å²) >= 11 is 0. The SMILES string of the molecule is Cc1cc(C)n(C2CC(O)CCC2C(C)(C)C)n1. The van der Waals surface area contributed by atoms with Crippen molar-refractivity contribution in [3.8, 4) is 0 Å². The second-order valence-corrected chi connectivity index (χ2v) is 6.88. The number of hydrogen-bond donors (Lipinski definition) is 1. The third-order valence-electron chi connectivity index (χ3n) is 4.26. The molecule has 2 rings (SSSR count). The molecule has 3 heteroatoms. The van der Waals surface area contributed by atoms with E-state index in [1.54, 1.807) is 0 Å². The predicted molar refractivity (Wildman–Crippen MR) is 73.5 cm³/mol. The Labute approximate surface area is 110 Å². The molecule has 0 aliphatic heterocycles. The first kappa shape index (κ1) is 13.6. The molecule has 1 heterocycles. The Bertz CT molecular complexity index is 417. The van der Waals surface area contributed by atoms with Gasteiger partial charge in [-0.25, -0.2) is 0 Å². The second kappa shape index (κ2) is 4.69. The smallest absolute Gasteiger partial charge is 0.0596 e. The second-order valence-electron chi connectivity index (χ2n) is 6.88. The molecule has 1 fully saturated rings. The van der Waals surface area contributed by atoms with Crippen molar-refractivity contribution < 1.29 is 5.11 Å². The topological polar surface area (TPSA) is 38.0 Å². The lowest BCUT2D eigenvalue weighted by Gasteiger charge is -2.42. The van der Waals surface area contributed by atoms with E-state index in [4.69, 9.17) is 0 Å². The highest BCUT2D eigenvalue weighted by Gasteiger charge is 2.38. The highest BCUT2D eigenvalue weighted by atomic mass is 16.3. The summed E-state index contributed by atoms with van der Waals surface area (Å²) in [7, 11) is 0. The fourth-order valence-corrected chi connectivity index (χ4v) is 3.39. The van der Waals surface area contributed by atoms with E-state index in [1.807, 2.05) is 6.92 Å². The van der Waals surface area contributed by atoms with E-state index >= 15 is 0 Å². The molecule has 1 N–H and O–H groups in total. The maximum atomic E-state index is 9.98. The lowest BCUT2D eigenvalue weighted by molar-refractivity contribution is 0.0246. The molecule has 0 radical (unpaired) electrons. The van der Waals surface area contributed by atoms with Gasteiger partial charge in [0.2, 0.25) is 0 Å². The van der Waals surface area contributed by atoms with Gasteiger partial charge in [-0.3, -0.25) is 4.68 Å². The molecular formula is C15H26N2O. The van der Waals surface area contributed by atoms with Crippen LogP contribution in [-0.4, -0.2) is 21.0 Å². The van der Waals surface area contributed by atoms with Gasteiger partial charge in [0.05, 0.1) is 17.8 Å². The van der Waals surface area contributed by atoms with Gasteiger partial charge in [-0.05, 0) is 50.5 Å². The van der Waals surface area contributed by atoms with Crippen molar-refractivity contribution in [2.24, 2.45) is 11.3 Å². The van der Waals surface area contributed by atoms with Crippen LogP contribution < -0.4 is 0 Å². The van der Waals surface area contributed by atoms with Crippen LogP contribution >= 0.6 is 0 Å². The summed E-state index contributed by atoms with van der Waals surface area (Å²) in [5.41, 5.74) is 2.54. The van der Waals surface area contributed by atoms with Crippen LogP contribution in [0.5, 0.6) is 0 Å². The average Bonchev–Trinajstić information content (AvgIpc) is 2.55. The minimum absolute atomic E-state index is 0.169. The van der Waals surface area contributed by atoms with E-state index in [-0.39, 0.29) is 11.5 Å². The third-order valence-corrected chi connectivity index (χ3v) is 4.26. The molecule has 3 atom stereocenters. The molecule has 1 saturated carbocycles. The standard InChI is InChI=1S/C15H26N2O/c1-10-8-11(2)17(16-10)14-9-12(18)6-7-13(14)15(3,4)5/h8,12-14,18H,6-7,9H2,1-5H3. The molecule has 1 aromatic rings. The van der Waals surface area contributed by atoms with Gasteiger partial charge < -0.3 is 5.11 Å². The minimum atomic E-state index is -0.169. The van der Waals surface area contributed by atoms with E-state index in [0.29, 0.717) is 12.0 Å². The summed E-state index contributed by atoms with van der Waals surface area (Å²) in [4.78, 5) is 0. The van der Waals surface area contributed by atoms with Crippen molar-refractivity contribution >= 4 is 0 Å². The molecule has 0 spiro atoms. The maximum absolute atomic E-state index is 9.98. The normalized spacial score (nSPS) is 29.6. The van der Waals surface area contributed by atoms with Crippen LogP contribution in [0, 0.1) is 25.2 Å².